The number of imide groups is 1. The van der Waals surface area contributed by atoms with Gasteiger partial charge in [0.25, 0.3) is 11.8 Å². The monoisotopic (exact) mass is 348 g/mol. The van der Waals surface area contributed by atoms with Crippen molar-refractivity contribution in [3.05, 3.63) is 41.9 Å². The molecule has 2 N–H and O–H groups in total. The molecule has 8 nitrogen and oxygen atoms in total. The predicted octanol–water partition coefficient (Wildman–Crippen LogP) is 1.13. The van der Waals surface area contributed by atoms with Crippen LogP contribution in [0.3, 0.4) is 0 Å². The Morgan fingerprint density at radius 3 is 2.62 bits per heavy atom. The van der Waals surface area contributed by atoms with Gasteiger partial charge < -0.3 is 14.9 Å². The van der Waals surface area contributed by atoms with Crippen LogP contribution >= 0.6 is 11.6 Å². The summed E-state index contributed by atoms with van der Waals surface area (Å²) in [4.78, 5) is 28.8. The molecule has 0 unspecified atom stereocenters. The molecule has 0 bridgehead atoms. The number of halogens is 1. The van der Waals surface area contributed by atoms with Crippen molar-refractivity contribution in [2.24, 2.45) is 0 Å². The largest absolute Gasteiger partial charge is 0.395 e. The second-order valence-electron chi connectivity index (χ2n) is 4.92. The lowest BCUT2D eigenvalue weighted by atomic mass is 10.2. The number of hydrogen-bond donors (Lipinski definition) is 2. The molecule has 2 heterocycles. The third kappa shape index (κ3) is 3.15. The summed E-state index contributed by atoms with van der Waals surface area (Å²) in [5.74, 6) is -0.0336. The zero-order valence-corrected chi connectivity index (χ0v) is 13.2. The molecule has 1 aromatic heterocycles. The quantitative estimate of drug-likeness (QED) is 0.595. The third-order valence-corrected chi connectivity index (χ3v) is 3.57. The van der Waals surface area contributed by atoms with Gasteiger partial charge in [0.2, 0.25) is 11.7 Å². The standard InChI is InChI=1S/C15H13ClN4O4/c16-8-12-18-14(19-24-12)9-1-3-10(4-2-9)17-11-7-13(22)20(5-6-21)15(11)23/h1-4,7,17,21H,5-6,8H2. The van der Waals surface area contributed by atoms with Crippen molar-refractivity contribution in [3.63, 3.8) is 0 Å². The summed E-state index contributed by atoms with van der Waals surface area (Å²) in [6, 6.07) is 6.94. The topological polar surface area (TPSA) is 109 Å². The number of nitrogens with zero attached hydrogens (tertiary/aromatic N) is 3. The molecular formula is C15H13ClN4O4. The van der Waals surface area contributed by atoms with E-state index in [0.29, 0.717) is 17.4 Å². The Morgan fingerprint density at radius 1 is 1.25 bits per heavy atom. The molecular weight excluding hydrogens is 336 g/mol. The molecule has 0 radical (unpaired) electrons. The van der Waals surface area contributed by atoms with Gasteiger partial charge in [-0.3, -0.25) is 14.5 Å². The molecule has 1 aliphatic rings. The van der Waals surface area contributed by atoms with Gasteiger partial charge in [-0.25, -0.2) is 0 Å². The highest BCUT2D eigenvalue weighted by atomic mass is 35.5. The zero-order valence-electron chi connectivity index (χ0n) is 12.4. The van der Waals surface area contributed by atoms with E-state index in [1.54, 1.807) is 24.3 Å². The first-order valence-electron chi connectivity index (χ1n) is 7.06. The van der Waals surface area contributed by atoms with E-state index < -0.39 is 11.8 Å². The first-order valence-corrected chi connectivity index (χ1v) is 7.60. The van der Waals surface area contributed by atoms with Gasteiger partial charge >= 0.3 is 0 Å². The van der Waals surface area contributed by atoms with Crippen molar-refractivity contribution in [2.45, 2.75) is 5.88 Å². The number of aromatic nitrogens is 2. The fourth-order valence-electron chi connectivity index (χ4n) is 2.19. The van der Waals surface area contributed by atoms with Crippen LogP contribution in [0.1, 0.15) is 5.89 Å². The van der Waals surface area contributed by atoms with Crippen LogP contribution in [0.4, 0.5) is 5.69 Å². The van der Waals surface area contributed by atoms with Gasteiger partial charge in [0, 0.05) is 17.3 Å². The molecule has 24 heavy (non-hydrogen) atoms. The minimum atomic E-state index is -0.469. The van der Waals surface area contributed by atoms with E-state index >= 15 is 0 Å². The van der Waals surface area contributed by atoms with Crippen LogP contribution < -0.4 is 5.32 Å². The molecule has 124 valence electrons. The number of carbonyl (C=O) groups excluding carboxylic acids is 2. The van der Waals surface area contributed by atoms with E-state index in [4.69, 9.17) is 21.2 Å². The van der Waals surface area contributed by atoms with Gasteiger partial charge in [-0.15, -0.1) is 11.6 Å². The maximum Gasteiger partial charge on any atom is 0.277 e. The maximum absolute atomic E-state index is 12.1. The van der Waals surface area contributed by atoms with Crippen molar-refractivity contribution in [2.75, 3.05) is 18.5 Å². The summed E-state index contributed by atoms with van der Waals surface area (Å²) in [7, 11) is 0. The van der Waals surface area contributed by atoms with E-state index in [0.717, 1.165) is 10.5 Å². The minimum absolute atomic E-state index is 0.0288. The molecule has 0 fully saturated rings. The number of rotatable bonds is 6. The Balaban J connectivity index is 1.72. The molecule has 0 saturated heterocycles. The molecule has 2 amide bonds. The summed E-state index contributed by atoms with van der Waals surface area (Å²) < 4.78 is 4.94. The average molecular weight is 349 g/mol. The number of benzene rings is 1. The normalized spacial score (nSPS) is 14.2. The van der Waals surface area contributed by atoms with Crippen LogP contribution in [0.25, 0.3) is 11.4 Å². The molecule has 1 aliphatic heterocycles. The van der Waals surface area contributed by atoms with Crippen molar-refractivity contribution in [3.8, 4) is 11.4 Å². The number of hydrogen-bond acceptors (Lipinski definition) is 7. The molecule has 2 aromatic rings. The second-order valence-corrected chi connectivity index (χ2v) is 5.19. The average Bonchev–Trinajstić information content (AvgIpc) is 3.17. The number of β-amino-alcohol motifs (C(OH)–C–C–N with tert-alkyl or cyclic N) is 1. The van der Waals surface area contributed by atoms with Crippen molar-refractivity contribution >= 4 is 29.1 Å². The lowest BCUT2D eigenvalue weighted by Crippen LogP contribution is -2.34. The molecule has 0 spiro atoms. The smallest absolute Gasteiger partial charge is 0.277 e. The molecule has 0 aliphatic carbocycles. The van der Waals surface area contributed by atoms with Crippen molar-refractivity contribution in [1.82, 2.24) is 15.0 Å². The minimum Gasteiger partial charge on any atom is -0.395 e. The molecule has 0 atom stereocenters. The summed E-state index contributed by atoms with van der Waals surface area (Å²) in [5, 5.41) is 15.6. The van der Waals surface area contributed by atoms with E-state index in [9.17, 15) is 9.59 Å². The van der Waals surface area contributed by atoms with Gasteiger partial charge in [-0.05, 0) is 24.3 Å². The van der Waals surface area contributed by atoms with Gasteiger partial charge in [-0.2, -0.15) is 4.98 Å². The Bertz CT molecular complexity index is 800. The van der Waals surface area contributed by atoms with Crippen molar-refractivity contribution in [1.29, 1.82) is 0 Å². The summed E-state index contributed by atoms with van der Waals surface area (Å²) >= 11 is 5.62. The number of carbonyl (C=O) groups is 2. The van der Waals surface area contributed by atoms with Crippen molar-refractivity contribution < 1.29 is 19.2 Å². The number of alkyl halides is 1. The Labute approximate surface area is 141 Å². The summed E-state index contributed by atoms with van der Waals surface area (Å²) in [6.45, 7) is -0.304. The maximum atomic E-state index is 12.1. The molecule has 9 heteroatoms. The van der Waals surface area contributed by atoms with Gasteiger partial charge in [0.1, 0.15) is 11.6 Å². The number of anilines is 1. The fourth-order valence-corrected chi connectivity index (χ4v) is 2.30. The number of aliphatic hydroxyl groups is 1. The Kier molecular flexibility index (Phi) is 4.59. The predicted molar refractivity (Wildman–Crippen MR) is 84.8 cm³/mol. The van der Waals surface area contributed by atoms with Crippen LogP contribution in [0, 0.1) is 0 Å². The highest BCUT2D eigenvalue weighted by molar-refractivity contribution is 6.17. The molecule has 3 rings (SSSR count). The van der Waals surface area contributed by atoms with E-state index in [1.165, 1.54) is 6.08 Å². The molecule has 1 aromatic carbocycles. The third-order valence-electron chi connectivity index (χ3n) is 3.34. The SMILES string of the molecule is O=C1C=C(Nc2ccc(-c3noc(CCl)n3)cc2)C(=O)N1CCO. The number of nitrogens with one attached hydrogen (secondary N) is 1. The number of amides is 2. The molecule has 0 saturated carbocycles. The van der Waals surface area contributed by atoms with Crippen LogP contribution in [-0.2, 0) is 15.5 Å². The Hall–Kier alpha value is -2.71. The summed E-state index contributed by atoms with van der Waals surface area (Å²) in [6.07, 6.45) is 1.21. The van der Waals surface area contributed by atoms with Gasteiger partial charge in [0.15, 0.2) is 0 Å². The van der Waals surface area contributed by atoms with Crippen LogP contribution in [0.2, 0.25) is 0 Å². The zero-order chi connectivity index (χ0) is 17.1. The van der Waals surface area contributed by atoms with E-state index in [1.807, 2.05) is 0 Å². The number of aliphatic hydroxyl groups excluding tert-OH is 1. The van der Waals surface area contributed by atoms with Crippen LogP contribution in [0.5, 0.6) is 0 Å². The highest BCUT2D eigenvalue weighted by Crippen LogP contribution is 2.21. The van der Waals surface area contributed by atoms with Crippen LogP contribution in [-0.4, -0.2) is 45.1 Å². The van der Waals surface area contributed by atoms with Gasteiger partial charge in [0.05, 0.1) is 13.2 Å². The lowest BCUT2D eigenvalue weighted by Gasteiger charge is -2.13. The fraction of sp³-hybridized carbons (Fsp3) is 0.200. The highest BCUT2D eigenvalue weighted by Gasteiger charge is 2.30. The first-order chi connectivity index (χ1) is 11.6. The van der Waals surface area contributed by atoms with Gasteiger partial charge in [-0.1, -0.05) is 5.16 Å². The van der Waals surface area contributed by atoms with Crippen LogP contribution in [0.15, 0.2) is 40.6 Å². The summed E-state index contributed by atoms with van der Waals surface area (Å²) in [5.41, 5.74) is 1.51. The first kappa shape index (κ1) is 16.2. The lowest BCUT2D eigenvalue weighted by molar-refractivity contribution is -0.137. The Morgan fingerprint density at radius 2 is 2.00 bits per heavy atom. The second kappa shape index (κ2) is 6.81. The van der Waals surface area contributed by atoms with E-state index in [-0.39, 0.29) is 24.7 Å². The van der Waals surface area contributed by atoms with E-state index in [2.05, 4.69) is 15.5 Å².